The molecule has 1 aliphatic heterocycles. The SMILES string of the molecule is NC(CS)C(=O)NC(CCC(=O)O)C(=O)NCC(=O)N1CCCC1C(=O)O. The first-order chi connectivity index (χ1) is 12.7. The van der Waals surface area contributed by atoms with E-state index in [4.69, 9.17) is 15.9 Å². The molecule has 12 heteroatoms. The van der Waals surface area contributed by atoms with Gasteiger partial charge in [-0.25, -0.2) is 4.79 Å². The number of aliphatic carboxylic acids is 2. The van der Waals surface area contributed by atoms with Gasteiger partial charge in [-0.3, -0.25) is 19.2 Å². The van der Waals surface area contributed by atoms with Crippen LogP contribution < -0.4 is 16.4 Å². The molecule has 0 radical (unpaired) electrons. The number of nitrogens with zero attached hydrogens (tertiary/aromatic N) is 1. The Morgan fingerprint density at radius 1 is 1.19 bits per heavy atom. The minimum absolute atomic E-state index is 0.0309. The van der Waals surface area contributed by atoms with E-state index in [1.807, 2.05) is 0 Å². The lowest BCUT2D eigenvalue weighted by Crippen LogP contribution is -2.54. The number of nitrogens with one attached hydrogen (secondary N) is 2. The molecule has 27 heavy (non-hydrogen) atoms. The summed E-state index contributed by atoms with van der Waals surface area (Å²) >= 11 is 3.88. The van der Waals surface area contributed by atoms with Crippen LogP contribution in [-0.2, 0) is 24.0 Å². The van der Waals surface area contributed by atoms with Crippen molar-refractivity contribution in [2.45, 2.75) is 43.8 Å². The molecule has 0 aromatic rings. The van der Waals surface area contributed by atoms with E-state index in [9.17, 15) is 24.0 Å². The van der Waals surface area contributed by atoms with Crippen LogP contribution in [0.15, 0.2) is 0 Å². The fraction of sp³-hybridized carbons (Fsp3) is 0.667. The van der Waals surface area contributed by atoms with Crippen molar-refractivity contribution in [3.8, 4) is 0 Å². The van der Waals surface area contributed by atoms with Gasteiger partial charge in [0.1, 0.15) is 12.1 Å². The molecule has 0 bridgehead atoms. The van der Waals surface area contributed by atoms with Gasteiger partial charge in [0.25, 0.3) is 0 Å². The highest BCUT2D eigenvalue weighted by Crippen LogP contribution is 2.17. The van der Waals surface area contributed by atoms with Crippen molar-refractivity contribution >= 4 is 42.3 Å². The van der Waals surface area contributed by atoms with Crippen LogP contribution in [0.25, 0.3) is 0 Å². The molecule has 0 saturated carbocycles. The van der Waals surface area contributed by atoms with E-state index in [0.29, 0.717) is 12.8 Å². The number of carboxylic acid groups (broad SMARTS) is 2. The number of carbonyl (C=O) groups excluding carboxylic acids is 3. The fourth-order valence-electron chi connectivity index (χ4n) is 2.61. The van der Waals surface area contributed by atoms with Crippen LogP contribution >= 0.6 is 12.6 Å². The zero-order chi connectivity index (χ0) is 20.6. The fourth-order valence-corrected chi connectivity index (χ4v) is 2.77. The second kappa shape index (κ2) is 10.7. The maximum absolute atomic E-state index is 12.3. The van der Waals surface area contributed by atoms with Crippen molar-refractivity contribution < 1.29 is 34.2 Å². The number of likely N-dealkylation sites (tertiary alicyclic amines) is 1. The van der Waals surface area contributed by atoms with Crippen LogP contribution in [0.5, 0.6) is 0 Å². The predicted octanol–water partition coefficient (Wildman–Crippen LogP) is -2.22. The van der Waals surface area contributed by atoms with E-state index < -0.39 is 54.3 Å². The summed E-state index contributed by atoms with van der Waals surface area (Å²) in [6.07, 6.45) is 0.320. The first-order valence-electron chi connectivity index (χ1n) is 8.36. The summed E-state index contributed by atoms with van der Waals surface area (Å²) in [6.45, 7) is -0.178. The van der Waals surface area contributed by atoms with E-state index >= 15 is 0 Å². The first-order valence-corrected chi connectivity index (χ1v) is 8.99. The zero-order valence-electron chi connectivity index (χ0n) is 14.6. The van der Waals surface area contributed by atoms with Crippen LogP contribution in [-0.4, -0.2) is 81.7 Å². The standard InChI is InChI=1S/C15H24N4O7S/c16-8(7-27)13(23)18-9(3-4-12(21)22)14(24)17-6-11(20)19-5-1-2-10(19)15(25)26/h8-10,27H,1-7,16H2,(H,17,24)(H,18,23)(H,21,22)(H,25,26). The highest BCUT2D eigenvalue weighted by atomic mass is 32.1. The molecule has 3 amide bonds. The van der Waals surface area contributed by atoms with Gasteiger partial charge in [-0.1, -0.05) is 0 Å². The Labute approximate surface area is 161 Å². The van der Waals surface area contributed by atoms with Crippen LogP contribution in [0, 0.1) is 0 Å². The predicted molar refractivity (Wildman–Crippen MR) is 96.0 cm³/mol. The van der Waals surface area contributed by atoms with Gasteiger partial charge in [-0.15, -0.1) is 0 Å². The quantitative estimate of drug-likeness (QED) is 0.222. The summed E-state index contributed by atoms with van der Waals surface area (Å²) in [5, 5.41) is 22.5. The van der Waals surface area contributed by atoms with E-state index in [-0.39, 0.29) is 25.1 Å². The maximum atomic E-state index is 12.3. The third-order valence-corrected chi connectivity index (χ3v) is 4.48. The number of hydrogen-bond donors (Lipinski definition) is 6. The topological polar surface area (TPSA) is 179 Å². The Morgan fingerprint density at radius 2 is 1.85 bits per heavy atom. The van der Waals surface area contributed by atoms with Gasteiger partial charge >= 0.3 is 11.9 Å². The van der Waals surface area contributed by atoms with Crippen molar-refractivity contribution in [1.82, 2.24) is 15.5 Å². The number of amides is 3. The molecule has 0 aromatic carbocycles. The number of rotatable bonds is 10. The van der Waals surface area contributed by atoms with Crippen molar-refractivity contribution in [3.05, 3.63) is 0 Å². The third kappa shape index (κ3) is 7.06. The van der Waals surface area contributed by atoms with E-state index in [1.54, 1.807) is 0 Å². The number of carbonyl (C=O) groups is 5. The molecule has 3 unspecified atom stereocenters. The minimum Gasteiger partial charge on any atom is -0.481 e. The highest BCUT2D eigenvalue weighted by molar-refractivity contribution is 7.80. The van der Waals surface area contributed by atoms with Crippen LogP contribution in [0.1, 0.15) is 25.7 Å². The van der Waals surface area contributed by atoms with E-state index in [2.05, 4.69) is 23.3 Å². The van der Waals surface area contributed by atoms with Crippen LogP contribution in [0.3, 0.4) is 0 Å². The first kappa shape index (κ1) is 22.7. The Morgan fingerprint density at radius 3 is 2.41 bits per heavy atom. The largest absolute Gasteiger partial charge is 0.481 e. The van der Waals surface area contributed by atoms with Gasteiger partial charge < -0.3 is 31.5 Å². The smallest absolute Gasteiger partial charge is 0.326 e. The van der Waals surface area contributed by atoms with Gasteiger partial charge in [0, 0.05) is 18.7 Å². The molecule has 1 saturated heterocycles. The van der Waals surface area contributed by atoms with Gasteiger partial charge in [-0.05, 0) is 19.3 Å². The Balaban J connectivity index is 2.66. The maximum Gasteiger partial charge on any atom is 0.326 e. The summed E-state index contributed by atoms with van der Waals surface area (Å²) in [5.74, 6) is -4.23. The lowest BCUT2D eigenvalue weighted by Gasteiger charge is -2.23. The summed E-state index contributed by atoms with van der Waals surface area (Å²) in [7, 11) is 0. The summed E-state index contributed by atoms with van der Waals surface area (Å²) in [6, 6.07) is -3.09. The molecular weight excluding hydrogens is 380 g/mol. The normalized spacial score (nSPS) is 18.4. The van der Waals surface area contributed by atoms with Gasteiger partial charge in [-0.2, -0.15) is 12.6 Å². The molecular formula is C15H24N4O7S. The van der Waals surface area contributed by atoms with Crippen molar-refractivity contribution in [3.63, 3.8) is 0 Å². The second-order valence-electron chi connectivity index (χ2n) is 6.08. The van der Waals surface area contributed by atoms with Gasteiger partial charge in [0.05, 0.1) is 12.6 Å². The molecule has 0 aromatic heterocycles. The summed E-state index contributed by atoms with van der Waals surface area (Å²) < 4.78 is 0. The Hall–Kier alpha value is -2.34. The number of nitrogens with two attached hydrogens (primary N) is 1. The molecule has 152 valence electrons. The molecule has 0 aliphatic carbocycles. The number of thiol groups is 1. The van der Waals surface area contributed by atoms with E-state index in [0.717, 1.165) is 0 Å². The van der Waals surface area contributed by atoms with Crippen molar-refractivity contribution in [1.29, 1.82) is 0 Å². The summed E-state index contributed by atoms with van der Waals surface area (Å²) in [4.78, 5) is 59.3. The zero-order valence-corrected chi connectivity index (χ0v) is 15.5. The Kier molecular flexibility index (Phi) is 9.02. The molecule has 3 atom stereocenters. The lowest BCUT2D eigenvalue weighted by atomic mass is 10.1. The van der Waals surface area contributed by atoms with Gasteiger partial charge in [0.2, 0.25) is 17.7 Å². The van der Waals surface area contributed by atoms with Crippen molar-refractivity contribution in [2.24, 2.45) is 5.73 Å². The highest BCUT2D eigenvalue weighted by Gasteiger charge is 2.34. The van der Waals surface area contributed by atoms with Gasteiger partial charge in [0.15, 0.2) is 0 Å². The molecule has 1 rings (SSSR count). The second-order valence-corrected chi connectivity index (χ2v) is 6.45. The summed E-state index contributed by atoms with van der Waals surface area (Å²) in [5.41, 5.74) is 5.52. The molecule has 11 nitrogen and oxygen atoms in total. The van der Waals surface area contributed by atoms with E-state index in [1.165, 1.54) is 4.90 Å². The minimum atomic E-state index is -1.19. The average Bonchev–Trinajstić information content (AvgIpc) is 3.11. The molecule has 1 heterocycles. The third-order valence-electron chi connectivity index (χ3n) is 4.09. The molecule has 6 N–H and O–H groups in total. The lowest BCUT2D eigenvalue weighted by molar-refractivity contribution is -0.148. The Bertz CT molecular complexity index is 601. The van der Waals surface area contributed by atoms with Crippen LogP contribution in [0.2, 0.25) is 0 Å². The monoisotopic (exact) mass is 404 g/mol. The number of carboxylic acids is 2. The molecule has 1 fully saturated rings. The molecule has 0 spiro atoms. The molecule has 1 aliphatic rings. The number of hydrogen-bond acceptors (Lipinski definition) is 7. The average molecular weight is 404 g/mol. The van der Waals surface area contributed by atoms with Crippen molar-refractivity contribution in [2.75, 3.05) is 18.8 Å². The van der Waals surface area contributed by atoms with Crippen LogP contribution in [0.4, 0.5) is 0 Å².